The average molecular weight is 223 g/mol. The van der Waals surface area contributed by atoms with Gasteiger partial charge in [-0.2, -0.15) is 0 Å². The number of nitrogens with zero attached hydrogens (tertiary/aromatic N) is 1. The van der Waals surface area contributed by atoms with Gasteiger partial charge >= 0.3 is 0 Å². The van der Waals surface area contributed by atoms with Crippen molar-refractivity contribution in [3.8, 4) is 0 Å². The Morgan fingerprint density at radius 2 is 1.94 bits per heavy atom. The van der Waals surface area contributed by atoms with E-state index in [9.17, 15) is 0 Å². The summed E-state index contributed by atoms with van der Waals surface area (Å²) in [4.78, 5) is 2.50. The van der Waals surface area contributed by atoms with Gasteiger partial charge in [0.15, 0.2) is 0 Å². The zero-order valence-electron chi connectivity index (χ0n) is 12.0. The number of hydrogen-bond donors (Lipinski definition) is 0. The van der Waals surface area contributed by atoms with Crippen LogP contribution in [0.25, 0.3) is 0 Å². The quantitative estimate of drug-likeness (QED) is 0.634. The molecule has 0 saturated carbocycles. The minimum atomic E-state index is 0.709. The molecule has 0 aromatic carbocycles. The summed E-state index contributed by atoms with van der Waals surface area (Å²) in [7, 11) is 2.26. The van der Waals surface area contributed by atoms with Crippen LogP contribution in [0.4, 0.5) is 0 Å². The summed E-state index contributed by atoms with van der Waals surface area (Å²) in [5, 5.41) is 0. The molecule has 0 radical (unpaired) electrons. The van der Waals surface area contributed by atoms with Crippen molar-refractivity contribution in [2.24, 2.45) is 11.8 Å². The van der Waals surface area contributed by atoms with Crippen molar-refractivity contribution < 1.29 is 0 Å². The van der Waals surface area contributed by atoms with Crippen LogP contribution in [-0.2, 0) is 0 Å². The zero-order valence-corrected chi connectivity index (χ0v) is 12.0. The Hall–Kier alpha value is -0.300. The van der Waals surface area contributed by atoms with Crippen LogP contribution in [0.5, 0.6) is 0 Å². The van der Waals surface area contributed by atoms with Gasteiger partial charge in [-0.25, -0.2) is 0 Å². The molecule has 0 spiro atoms. The molecule has 3 unspecified atom stereocenters. The SMILES string of the molecule is CCC(C1CCC(C)=C1C)C(C)N(C)CC. The van der Waals surface area contributed by atoms with Crippen LogP contribution >= 0.6 is 0 Å². The van der Waals surface area contributed by atoms with Crippen LogP contribution in [0, 0.1) is 11.8 Å². The number of hydrogen-bond acceptors (Lipinski definition) is 1. The van der Waals surface area contributed by atoms with E-state index < -0.39 is 0 Å². The molecule has 0 fully saturated rings. The third kappa shape index (κ3) is 2.68. The third-order valence-corrected chi connectivity index (χ3v) is 4.86. The lowest BCUT2D eigenvalue weighted by Crippen LogP contribution is -2.38. The van der Waals surface area contributed by atoms with E-state index in [0.29, 0.717) is 6.04 Å². The van der Waals surface area contributed by atoms with Crippen molar-refractivity contribution in [2.75, 3.05) is 13.6 Å². The molecule has 0 aromatic heterocycles. The molecule has 1 nitrogen and oxygen atoms in total. The Morgan fingerprint density at radius 1 is 1.31 bits per heavy atom. The summed E-state index contributed by atoms with van der Waals surface area (Å²) in [6.07, 6.45) is 4.02. The van der Waals surface area contributed by atoms with E-state index >= 15 is 0 Å². The maximum atomic E-state index is 2.50. The fraction of sp³-hybridized carbons (Fsp3) is 0.867. The lowest BCUT2D eigenvalue weighted by Gasteiger charge is -2.35. The monoisotopic (exact) mass is 223 g/mol. The van der Waals surface area contributed by atoms with Gasteiger partial charge in [0, 0.05) is 6.04 Å². The maximum absolute atomic E-state index is 2.50. The van der Waals surface area contributed by atoms with Crippen LogP contribution in [-0.4, -0.2) is 24.5 Å². The Bertz CT molecular complexity index is 254. The highest BCUT2D eigenvalue weighted by atomic mass is 15.1. The van der Waals surface area contributed by atoms with E-state index in [2.05, 4.69) is 46.6 Å². The molecule has 3 atom stereocenters. The van der Waals surface area contributed by atoms with Crippen LogP contribution in [0.1, 0.15) is 53.9 Å². The Balaban J connectivity index is 2.75. The molecule has 1 heteroatoms. The summed E-state index contributed by atoms with van der Waals surface area (Å²) in [6.45, 7) is 12.8. The topological polar surface area (TPSA) is 3.24 Å². The molecule has 1 aliphatic rings. The first-order chi connectivity index (χ1) is 7.52. The van der Waals surface area contributed by atoms with Gasteiger partial charge in [0.25, 0.3) is 0 Å². The average Bonchev–Trinajstić information content (AvgIpc) is 2.61. The standard InChI is InChI=1S/C15H29N/c1-7-14(13(5)16(6)8-2)15-10-9-11(3)12(15)4/h13-15H,7-10H2,1-6H3. The maximum Gasteiger partial charge on any atom is 0.00976 e. The number of rotatable bonds is 5. The number of allylic oxidation sites excluding steroid dienone is 2. The second-order valence-corrected chi connectivity index (χ2v) is 5.49. The molecule has 0 N–H and O–H groups in total. The van der Waals surface area contributed by atoms with E-state index in [1.54, 1.807) is 11.1 Å². The summed E-state index contributed by atoms with van der Waals surface area (Å²) in [5.41, 5.74) is 3.33. The molecule has 1 rings (SSSR count). The second kappa shape index (κ2) is 5.86. The first-order valence-electron chi connectivity index (χ1n) is 6.89. The first kappa shape index (κ1) is 13.8. The summed E-state index contributed by atoms with van der Waals surface area (Å²) in [6, 6.07) is 0.709. The Kier molecular flexibility index (Phi) is 5.04. The van der Waals surface area contributed by atoms with E-state index in [1.807, 2.05) is 0 Å². The van der Waals surface area contributed by atoms with Crippen LogP contribution in [0.3, 0.4) is 0 Å². The molecule has 0 amide bonds. The fourth-order valence-electron chi connectivity index (χ4n) is 3.21. The van der Waals surface area contributed by atoms with Gasteiger partial charge in [-0.3, -0.25) is 0 Å². The molecule has 0 bridgehead atoms. The lowest BCUT2D eigenvalue weighted by atomic mass is 9.80. The molecule has 94 valence electrons. The van der Waals surface area contributed by atoms with Crippen molar-refractivity contribution in [2.45, 2.75) is 59.9 Å². The molecule has 1 aliphatic carbocycles. The van der Waals surface area contributed by atoms with Crippen molar-refractivity contribution in [1.82, 2.24) is 4.90 Å². The normalized spacial score (nSPS) is 25.3. The Labute approximate surface area is 102 Å². The largest absolute Gasteiger partial charge is 0.304 e. The molecule has 0 saturated heterocycles. The minimum Gasteiger partial charge on any atom is -0.304 e. The van der Waals surface area contributed by atoms with Crippen LogP contribution < -0.4 is 0 Å². The molecule has 0 heterocycles. The van der Waals surface area contributed by atoms with Gasteiger partial charge in [-0.15, -0.1) is 0 Å². The summed E-state index contributed by atoms with van der Waals surface area (Å²) >= 11 is 0. The predicted molar refractivity (Wildman–Crippen MR) is 72.6 cm³/mol. The summed E-state index contributed by atoms with van der Waals surface area (Å²) in [5.74, 6) is 1.68. The van der Waals surface area contributed by atoms with E-state index in [4.69, 9.17) is 0 Å². The minimum absolute atomic E-state index is 0.709. The molecular formula is C15H29N. The van der Waals surface area contributed by atoms with Gasteiger partial charge in [0.1, 0.15) is 0 Å². The third-order valence-electron chi connectivity index (χ3n) is 4.86. The van der Waals surface area contributed by atoms with E-state index in [0.717, 1.165) is 18.4 Å². The highest BCUT2D eigenvalue weighted by Gasteiger charge is 2.31. The molecule has 0 aromatic rings. The van der Waals surface area contributed by atoms with Crippen molar-refractivity contribution >= 4 is 0 Å². The highest BCUT2D eigenvalue weighted by Crippen LogP contribution is 2.39. The summed E-state index contributed by atoms with van der Waals surface area (Å²) < 4.78 is 0. The molecule has 0 aliphatic heterocycles. The van der Waals surface area contributed by atoms with Crippen LogP contribution in [0.15, 0.2) is 11.1 Å². The second-order valence-electron chi connectivity index (χ2n) is 5.49. The molecule has 16 heavy (non-hydrogen) atoms. The fourth-order valence-corrected chi connectivity index (χ4v) is 3.21. The Morgan fingerprint density at radius 3 is 2.31 bits per heavy atom. The van der Waals surface area contributed by atoms with Crippen molar-refractivity contribution in [3.05, 3.63) is 11.1 Å². The molecular weight excluding hydrogens is 194 g/mol. The zero-order chi connectivity index (χ0) is 12.3. The predicted octanol–water partition coefficient (Wildman–Crippen LogP) is 4.10. The van der Waals surface area contributed by atoms with Gasteiger partial charge in [0.05, 0.1) is 0 Å². The van der Waals surface area contributed by atoms with E-state index in [1.165, 1.54) is 19.3 Å². The van der Waals surface area contributed by atoms with Gasteiger partial charge in [-0.1, -0.05) is 31.4 Å². The van der Waals surface area contributed by atoms with Crippen LogP contribution in [0.2, 0.25) is 0 Å². The van der Waals surface area contributed by atoms with Gasteiger partial charge < -0.3 is 4.90 Å². The lowest BCUT2D eigenvalue weighted by molar-refractivity contribution is 0.158. The van der Waals surface area contributed by atoms with E-state index in [-0.39, 0.29) is 0 Å². The smallest absolute Gasteiger partial charge is 0.00976 e. The van der Waals surface area contributed by atoms with Gasteiger partial charge in [0.2, 0.25) is 0 Å². The first-order valence-corrected chi connectivity index (χ1v) is 6.89. The van der Waals surface area contributed by atoms with Gasteiger partial charge in [-0.05, 0) is 59.0 Å². The van der Waals surface area contributed by atoms with Crippen molar-refractivity contribution in [3.63, 3.8) is 0 Å². The van der Waals surface area contributed by atoms with Crippen molar-refractivity contribution in [1.29, 1.82) is 0 Å². The highest BCUT2D eigenvalue weighted by molar-refractivity contribution is 5.20.